The first-order valence-electron chi connectivity index (χ1n) is 10.9. The highest BCUT2D eigenvalue weighted by Crippen LogP contribution is 2.27. The van der Waals surface area contributed by atoms with Crippen LogP contribution in [0.2, 0.25) is 0 Å². The van der Waals surface area contributed by atoms with Crippen LogP contribution in [0.3, 0.4) is 0 Å². The van der Waals surface area contributed by atoms with Gasteiger partial charge in [-0.05, 0) is 66.9 Å². The molecular weight excluding hydrogens is 467 g/mol. The standard InChI is InChI=1S/C26H25FN4O3S/c1-18-8-13-22(14-19(18)2)31(35(33,34)25-16-30(3)17-28-25)15-20-9-11-21(12-10-20)29-26(32)23-6-4-5-7-24(23)27/h4-14,16-17H,15H2,1-3H3,(H,29,32). The van der Waals surface area contributed by atoms with Crippen LogP contribution in [0.4, 0.5) is 15.8 Å². The summed E-state index contributed by atoms with van der Waals surface area (Å²) in [5, 5.41) is 2.61. The summed E-state index contributed by atoms with van der Waals surface area (Å²) in [6, 6.07) is 18.0. The van der Waals surface area contributed by atoms with Crippen molar-refractivity contribution in [3.8, 4) is 0 Å². The second kappa shape index (κ2) is 9.71. The van der Waals surface area contributed by atoms with Gasteiger partial charge in [0.25, 0.3) is 15.9 Å². The third-order valence-electron chi connectivity index (χ3n) is 5.67. The third-order valence-corrected chi connectivity index (χ3v) is 7.33. The maximum atomic E-state index is 13.9. The van der Waals surface area contributed by atoms with E-state index in [-0.39, 0.29) is 17.1 Å². The number of anilines is 2. The number of hydrogen-bond donors (Lipinski definition) is 1. The molecule has 0 atom stereocenters. The van der Waals surface area contributed by atoms with Crippen molar-refractivity contribution < 1.29 is 17.6 Å². The predicted octanol–water partition coefficient (Wildman–Crippen LogP) is 4.82. The summed E-state index contributed by atoms with van der Waals surface area (Å²) < 4.78 is 43.8. The van der Waals surface area contributed by atoms with Gasteiger partial charge in [-0.15, -0.1) is 0 Å². The Balaban J connectivity index is 1.61. The molecule has 180 valence electrons. The number of hydrogen-bond acceptors (Lipinski definition) is 4. The highest BCUT2D eigenvalue weighted by molar-refractivity contribution is 7.92. The Hall–Kier alpha value is -3.98. The van der Waals surface area contributed by atoms with Gasteiger partial charge in [-0.1, -0.05) is 30.3 Å². The van der Waals surface area contributed by atoms with E-state index >= 15 is 0 Å². The van der Waals surface area contributed by atoms with Gasteiger partial charge in [0.2, 0.25) is 0 Å². The van der Waals surface area contributed by atoms with E-state index < -0.39 is 21.7 Å². The number of aryl methyl sites for hydroxylation is 3. The molecule has 3 aromatic carbocycles. The summed E-state index contributed by atoms with van der Waals surface area (Å²) in [6.07, 6.45) is 2.91. The minimum Gasteiger partial charge on any atom is -0.339 e. The van der Waals surface area contributed by atoms with Gasteiger partial charge in [0.05, 0.1) is 24.1 Å². The minimum absolute atomic E-state index is 0.0491. The lowest BCUT2D eigenvalue weighted by Crippen LogP contribution is -2.31. The molecule has 7 nitrogen and oxygen atoms in total. The van der Waals surface area contributed by atoms with Gasteiger partial charge in [0, 0.05) is 18.9 Å². The fourth-order valence-electron chi connectivity index (χ4n) is 3.53. The highest BCUT2D eigenvalue weighted by atomic mass is 32.2. The largest absolute Gasteiger partial charge is 0.339 e. The number of sulfonamides is 1. The van der Waals surface area contributed by atoms with Crippen molar-refractivity contribution >= 4 is 27.3 Å². The summed E-state index contributed by atoms with van der Waals surface area (Å²) in [4.78, 5) is 16.4. The molecule has 9 heteroatoms. The zero-order chi connectivity index (χ0) is 25.2. The quantitative estimate of drug-likeness (QED) is 0.401. The van der Waals surface area contributed by atoms with E-state index in [1.807, 2.05) is 26.0 Å². The molecule has 1 amide bonds. The van der Waals surface area contributed by atoms with Crippen molar-refractivity contribution in [2.24, 2.45) is 7.05 Å². The van der Waals surface area contributed by atoms with Crippen molar-refractivity contribution in [1.82, 2.24) is 9.55 Å². The van der Waals surface area contributed by atoms with E-state index in [9.17, 15) is 17.6 Å². The predicted molar refractivity (Wildman–Crippen MR) is 133 cm³/mol. The number of rotatable bonds is 7. The van der Waals surface area contributed by atoms with Crippen molar-refractivity contribution in [3.05, 3.63) is 107 Å². The average molecular weight is 493 g/mol. The molecular formula is C26H25FN4O3S. The third kappa shape index (κ3) is 5.25. The zero-order valence-electron chi connectivity index (χ0n) is 19.6. The monoisotopic (exact) mass is 492 g/mol. The maximum Gasteiger partial charge on any atom is 0.283 e. The molecule has 1 heterocycles. The number of nitrogens with zero attached hydrogens (tertiary/aromatic N) is 3. The van der Waals surface area contributed by atoms with Crippen molar-refractivity contribution in [2.45, 2.75) is 25.4 Å². The molecule has 0 bridgehead atoms. The lowest BCUT2D eigenvalue weighted by molar-refractivity contribution is 0.102. The summed E-state index contributed by atoms with van der Waals surface area (Å²) in [7, 11) is -2.23. The smallest absolute Gasteiger partial charge is 0.283 e. The number of halogens is 1. The second-order valence-corrected chi connectivity index (χ2v) is 10.1. The molecule has 0 radical (unpaired) electrons. The molecule has 35 heavy (non-hydrogen) atoms. The molecule has 1 N–H and O–H groups in total. The van der Waals surface area contributed by atoms with Crippen molar-refractivity contribution in [3.63, 3.8) is 0 Å². The molecule has 0 aliphatic carbocycles. The molecule has 0 fully saturated rings. The first kappa shape index (κ1) is 24.2. The summed E-state index contributed by atoms with van der Waals surface area (Å²) in [5.41, 5.74) is 3.65. The minimum atomic E-state index is -3.94. The van der Waals surface area contributed by atoms with Gasteiger partial charge >= 0.3 is 0 Å². The van der Waals surface area contributed by atoms with E-state index in [2.05, 4.69) is 10.3 Å². The molecule has 1 aromatic heterocycles. The lowest BCUT2D eigenvalue weighted by atomic mass is 10.1. The molecule has 0 unspecified atom stereocenters. The van der Waals surface area contributed by atoms with Crippen LogP contribution in [-0.2, 0) is 23.6 Å². The molecule has 0 saturated carbocycles. The average Bonchev–Trinajstić information content (AvgIpc) is 3.28. The summed E-state index contributed by atoms with van der Waals surface area (Å²) >= 11 is 0. The number of carbonyl (C=O) groups excluding carboxylic acids is 1. The van der Waals surface area contributed by atoms with E-state index in [1.165, 1.54) is 35.0 Å². The van der Waals surface area contributed by atoms with Crippen LogP contribution in [0.25, 0.3) is 0 Å². The second-order valence-electron chi connectivity index (χ2n) is 8.29. The fraction of sp³-hybridized carbons (Fsp3) is 0.154. The SMILES string of the molecule is Cc1ccc(N(Cc2ccc(NC(=O)c3ccccc3F)cc2)S(=O)(=O)c2cn(C)cn2)cc1C. The lowest BCUT2D eigenvalue weighted by Gasteiger charge is -2.24. The summed E-state index contributed by atoms with van der Waals surface area (Å²) in [5.74, 6) is -1.17. The Morgan fingerprint density at radius 3 is 2.37 bits per heavy atom. The van der Waals surface area contributed by atoms with Crippen LogP contribution in [0.15, 0.2) is 84.3 Å². The topological polar surface area (TPSA) is 84.3 Å². The molecule has 0 spiro atoms. The molecule has 0 aliphatic rings. The summed E-state index contributed by atoms with van der Waals surface area (Å²) in [6.45, 7) is 3.95. The van der Waals surface area contributed by atoms with Crippen LogP contribution in [0.1, 0.15) is 27.0 Å². The number of benzene rings is 3. The van der Waals surface area contributed by atoms with Gasteiger partial charge in [0.15, 0.2) is 5.03 Å². The van der Waals surface area contributed by atoms with E-state index in [0.717, 1.165) is 11.1 Å². The normalized spacial score (nSPS) is 11.3. The molecule has 4 aromatic rings. The van der Waals surface area contributed by atoms with Crippen molar-refractivity contribution in [1.29, 1.82) is 0 Å². The molecule has 0 aliphatic heterocycles. The van der Waals surface area contributed by atoms with E-state index in [4.69, 9.17) is 0 Å². The van der Waals surface area contributed by atoms with Crippen LogP contribution in [0.5, 0.6) is 0 Å². The van der Waals surface area contributed by atoms with Gasteiger partial charge in [-0.3, -0.25) is 9.10 Å². The number of imidazole rings is 1. The van der Waals surface area contributed by atoms with Crippen molar-refractivity contribution in [2.75, 3.05) is 9.62 Å². The van der Waals surface area contributed by atoms with Gasteiger partial charge in [0.1, 0.15) is 5.82 Å². The fourth-order valence-corrected chi connectivity index (χ4v) is 4.95. The number of nitrogens with one attached hydrogen (secondary N) is 1. The Labute approximate surface area is 203 Å². The Bertz CT molecular complexity index is 1480. The highest BCUT2D eigenvalue weighted by Gasteiger charge is 2.27. The molecule has 4 rings (SSSR count). The van der Waals surface area contributed by atoms with Crippen LogP contribution in [0, 0.1) is 19.7 Å². The zero-order valence-corrected chi connectivity index (χ0v) is 20.4. The Morgan fingerprint density at radius 1 is 1.03 bits per heavy atom. The van der Waals surface area contributed by atoms with E-state index in [0.29, 0.717) is 16.9 Å². The van der Waals surface area contributed by atoms with Crippen LogP contribution in [-0.4, -0.2) is 23.9 Å². The van der Waals surface area contributed by atoms with E-state index in [1.54, 1.807) is 48.0 Å². The maximum absolute atomic E-state index is 13.9. The van der Waals surface area contributed by atoms with Crippen LogP contribution >= 0.6 is 0 Å². The van der Waals surface area contributed by atoms with Gasteiger partial charge in [-0.25, -0.2) is 9.37 Å². The number of amides is 1. The van der Waals surface area contributed by atoms with Gasteiger partial charge in [-0.2, -0.15) is 8.42 Å². The first-order valence-corrected chi connectivity index (χ1v) is 12.3. The Morgan fingerprint density at radius 2 is 1.74 bits per heavy atom. The first-order chi connectivity index (χ1) is 16.6. The Kier molecular flexibility index (Phi) is 6.70. The van der Waals surface area contributed by atoms with Crippen LogP contribution < -0.4 is 9.62 Å². The number of aromatic nitrogens is 2. The molecule has 0 saturated heterocycles. The van der Waals surface area contributed by atoms with Gasteiger partial charge < -0.3 is 9.88 Å². The number of carbonyl (C=O) groups is 1.